The highest BCUT2D eigenvalue weighted by Gasteiger charge is 2.23. The highest BCUT2D eigenvalue weighted by atomic mass is 35.5. The van der Waals surface area contributed by atoms with E-state index < -0.39 is 0 Å². The molecule has 0 bridgehead atoms. The fourth-order valence-electron chi connectivity index (χ4n) is 2.60. The van der Waals surface area contributed by atoms with E-state index in [1.807, 2.05) is 12.1 Å². The molecule has 19 heavy (non-hydrogen) atoms. The quantitative estimate of drug-likeness (QED) is 0.919. The van der Waals surface area contributed by atoms with Gasteiger partial charge in [0, 0.05) is 31.7 Å². The summed E-state index contributed by atoms with van der Waals surface area (Å²) in [5, 5.41) is 3.49. The predicted octanol–water partition coefficient (Wildman–Crippen LogP) is 3.03. The first-order valence-electron chi connectivity index (χ1n) is 6.79. The second-order valence-corrected chi connectivity index (χ2v) is 5.56. The summed E-state index contributed by atoms with van der Waals surface area (Å²) >= 11 is 0. The van der Waals surface area contributed by atoms with Gasteiger partial charge in [-0.15, -0.1) is 12.4 Å². The van der Waals surface area contributed by atoms with Gasteiger partial charge in [0.05, 0.1) is 0 Å². The number of benzene rings is 1. The van der Waals surface area contributed by atoms with Crippen LogP contribution < -0.4 is 5.32 Å². The standard InChI is InChI=1S/C15H23FN2.ClH/c1-11(14-4-6-15(16)7-5-14)9-18-10-12(2)17-8-13(18)3;/h4-7,11-13,17H,8-10H2,1-3H3;1H. The topological polar surface area (TPSA) is 15.3 Å². The first kappa shape index (κ1) is 16.4. The van der Waals surface area contributed by atoms with Crippen molar-refractivity contribution in [3.8, 4) is 0 Å². The largest absolute Gasteiger partial charge is 0.311 e. The van der Waals surface area contributed by atoms with Crippen LogP contribution in [0.1, 0.15) is 32.3 Å². The molecular weight excluding hydrogens is 263 g/mol. The minimum Gasteiger partial charge on any atom is -0.311 e. The van der Waals surface area contributed by atoms with Crippen molar-refractivity contribution in [1.82, 2.24) is 10.2 Å². The van der Waals surface area contributed by atoms with Gasteiger partial charge < -0.3 is 5.32 Å². The van der Waals surface area contributed by atoms with Gasteiger partial charge in [0.1, 0.15) is 5.82 Å². The SMILES string of the molecule is CC1CN(CC(C)c2ccc(F)cc2)C(C)CN1.Cl. The molecule has 4 heteroatoms. The Bertz CT molecular complexity index is 382. The van der Waals surface area contributed by atoms with Crippen molar-refractivity contribution in [2.24, 2.45) is 0 Å². The Balaban J connectivity index is 0.00000180. The average molecular weight is 287 g/mol. The van der Waals surface area contributed by atoms with Gasteiger partial charge in [-0.2, -0.15) is 0 Å². The molecule has 3 unspecified atom stereocenters. The number of rotatable bonds is 3. The monoisotopic (exact) mass is 286 g/mol. The Morgan fingerprint density at radius 1 is 1.32 bits per heavy atom. The minimum absolute atomic E-state index is 0. The molecule has 2 rings (SSSR count). The van der Waals surface area contributed by atoms with E-state index in [4.69, 9.17) is 0 Å². The third-order valence-electron chi connectivity index (χ3n) is 3.84. The molecule has 2 nitrogen and oxygen atoms in total. The number of halogens is 2. The summed E-state index contributed by atoms with van der Waals surface area (Å²) in [5.41, 5.74) is 1.22. The van der Waals surface area contributed by atoms with Crippen LogP contribution in [0.2, 0.25) is 0 Å². The van der Waals surface area contributed by atoms with Gasteiger partial charge in [0.2, 0.25) is 0 Å². The van der Waals surface area contributed by atoms with E-state index in [1.54, 1.807) is 12.1 Å². The zero-order valence-corrected chi connectivity index (χ0v) is 12.7. The average Bonchev–Trinajstić information content (AvgIpc) is 2.34. The zero-order chi connectivity index (χ0) is 13.1. The molecule has 1 aromatic rings. The van der Waals surface area contributed by atoms with Crippen LogP contribution in [0.3, 0.4) is 0 Å². The summed E-state index contributed by atoms with van der Waals surface area (Å²) < 4.78 is 12.9. The van der Waals surface area contributed by atoms with Crippen molar-refractivity contribution in [3.05, 3.63) is 35.6 Å². The minimum atomic E-state index is -0.157. The highest BCUT2D eigenvalue weighted by Crippen LogP contribution is 2.19. The second kappa shape index (κ2) is 7.22. The normalized spacial score (nSPS) is 25.7. The van der Waals surface area contributed by atoms with Gasteiger partial charge in [-0.05, 0) is 37.5 Å². The maximum Gasteiger partial charge on any atom is 0.123 e. The fourth-order valence-corrected chi connectivity index (χ4v) is 2.60. The fraction of sp³-hybridized carbons (Fsp3) is 0.600. The van der Waals surface area contributed by atoms with E-state index in [0.29, 0.717) is 18.0 Å². The van der Waals surface area contributed by atoms with Gasteiger partial charge in [0.15, 0.2) is 0 Å². The van der Waals surface area contributed by atoms with Crippen molar-refractivity contribution in [2.75, 3.05) is 19.6 Å². The van der Waals surface area contributed by atoms with Crippen LogP contribution >= 0.6 is 12.4 Å². The Labute approximate surface area is 121 Å². The van der Waals surface area contributed by atoms with Crippen molar-refractivity contribution in [2.45, 2.75) is 38.8 Å². The van der Waals surface area contributed by atoms with E-state index >= 15 is 0 Å². The van der Waals surface area contributed by atoms with Gasteiger partial charge in [-0.3, -0.25) is 4.90 Å². The molecule has 1 N–H and O–H groups in total. The Morgan fingerprint density at radius 2 is 1.95 bits per heavy atom. The molecule has 108 valence electrons. The van der Waals surface area contributed by atoms with Crippen LogP contribution in [0.25, 0.3) is 0 Å². The first-order valence-corrected chi connectivity index (χ1v) is 6.79. The summed E-state index contributed by atoms with van der Waals surface area (Å²) in [7, 11) is 0. The van der Waals surface area contributed by atoms with E-state index in [0.717, 1.165) is 19.6 Å². The lowest BCUT2D eigenvalue weighted by Gasteiger charge is -2.39. The second-order valence-electron chi connectivity index (χ2n) is 5.56. The van der Waals surface area contributed by atoms with Crippen LogP contribution in [-0.4, -0.2) is 36.6 Å². The maximum atomic E-state index is 12.9. The van der Waals surface area contributed by atoms with E-state index in [1.165, 1.54) is 5.56 Å². The van der Waals surface area contributed by atoms with Crippen LogP contribution in [0.15, 0.2) is 24.3 Å². The maximum absolute atomic E-state index is 12.9. The van der Waals surface area contributed by atoms with Crippen molar-refractivity contribution in [3.63, 3.8) is 0 Å². The molecule has 0 amide bonds. The molecule has 0 saturated carbocycles. The number of piperazine rings is 1. The van der Waals surface area contributed by atoms with Crippen LogP contribution in [0.5, 0.6) is 0 Å². The molecule has 1 saturated heterocycles. The summed E-state index contributed by atoms with van der Waals surface area (Å²) in [6.45, 7) is 9.88. The van der Waals surface area contributed by atoms with Crippen molar-refractivity contribution >= 4 is 12.4 Å². The summed E-state index contributed by atoms with van der Waals surface area (Å²) in [5.74, 6) is 0.286. The first-order chi connectivity index (χ1) is 8.56. The van der Waals surface area contributed by atoms with E-state index in [9.17, 15) is 4.39 Å². The number of hydrogen-bond donors (Lipinski definition) is 1. The Hall–Kier alpha value is -0.640. The van der Waals surface area contributed by atoms with Gasteiger partial charge in [0.25, 0.3) is 0 Å². The zero-order valence-electron chi connectivity index (χ0n) is 11.9. The third kappa shape index (κ3) is 4.44. The predicted molar refractivity (Wildman–Crippen MR) is 80.6 cm³/mol. The molecule has 3 atom stereocenters. The number of nitrogens with one attached hydrogen (secondary N) is 1. The van der Waals surface area contributed by atoms with Crippen LogP contribution in [0.4, 0.5) is 4.39 Å². The molecule has 1 aromatic carbocycles. The summed E-state index contributed by atoms with van der Waals surface area (Å²) in [4.78, 5) is 2.52. The van der Waals surface area contributed by atoms with Crippen molar-refractivity contribution in [1.29, 1.82) is 0 Å². The lowest BCUT2D eigenvalue weighted by Crippen LogP contribution is -2.54. The van der Waals surface area contributed by atoms with Gasteiger partial charge >= 0.3 is 0 Å². The molecule has 1 heterocycles. The summed E-state index contributed by atoms with van der Waals surface area (Å²) in [6, 6.07) is 8.03. The molecule has 1 aliphatic rings. The number of nitrogens with zero attached hydrogens (tertiary/aromatic N) is 1. The number of hydrogen-bond acceptors (Lipinski definition) is 2. The molecule has 0 spiro atoms. The molecule has 0 aliphatic carbocycles. The Kier molecular flexibility index (Phi) is 6.24. The third-order valence-corrected chi connectivity index (χ3v) is 3.84. The van der Waals surface area contributed by atoms with Crippen LogP contribution in [-0.2, 0) is 0 Å². The lowest BCUT2D eigenvalue weighted by atomic mass is 9.99. The molecule has 0 radical (unpaired) electrons. The smallest absolute Gasteiger partial charge is 0.123 e. The molecule has 0 aromatic heterocycles. The van der Waals surface area contributed by atoms with E-state index in [-0.39, 0.29) is 18.2 Å². The highest BCUT2D eigenvalue weighted by molar-refractivity contribution is 5.85. The van der Waals surface area contributed by atoms with E-state index in [2.05, 4.69) is 31.0 Å². The van der Waals surface area contributed by atoms with Gasteiger partial charge in [-0.25, -0.2) is 4.39 Å². The Morgan fingerprint density at radius 3 is 2.58 bits per heavy atom. The molecule has 1 fully saturated rings. The van der Waals surface area contributed by atoms with Crippen molar-refractivity contribution < 1.29 is 4.39 Å². The molecule has 1 aliphatic heterocycles. The van der Waals surface area contributed by atoms with Crippen LogP contribution in [0, 0.1) is 5.82 Å². The lowest BCUT2D eigenvalue weighted by molar-refractivity contribution is 0.140. The van der Waals surface area contributed by atoms with Gasteiger partial charge in [-0.1, -0.05) is 19.1 Å². The molecular formula is C15H24ClFN2. The summed E-state index contributed by atoms with van der Waals surface area (Å²) in [6.07, 6.45) is 0.